The van der Waals surface area contributed by atoms with Crippen LogP contribution >= 0.6 is 0 Å². The number of hydrogen-bond donors (Lipinski definition) is 0. The van der Waals surface area contributed by atoms with E-state index >= 15 is 0 Å². The fourth-order valence-electron chi connectivity index (χ4n) is 2.46. The van der Waals surface area contributed by atoms with Crippen molar-refractivity contribution in [3.8, 4) is 5.75 Å². The molecule has 0 spiro atoms. The van der Waals surface area contributed by atoms with Crippen molar-refractivity contribution in [2.75, 3.05) is 26.2 Å². The maximum absolute atomic E-state index is 10.7. The molecule has 0 aliphatic carbocycles. The molecule has 3 nitrogen and oxygen atoms in total. The fourth-order valence-corrected chi connectivity index (χ4v) is 2.46. The summed E-state index contributed by atoms with van der Waals surface area (Å²) < 4.78 is 5.69. The number of aldehydes is 1. The summed E-state index contributed by atoms with van der Waals surface area (Å²) in [5.74, 6) is 1.58. The Morgan fingerprint density at radius 2 is 2.39 bits per heavy atom. The molecule has 2 rings (SSSR count). The second-order valence-electron chi connectivity index (χ2n) is 5.09. The second-order valence-corrected chi connectivity index (χ2v) is 5.09. The van der Waals surface area contributed by atoms with E-state index in [2.05, 4.69) is 11.8 Å². The number of rotatable bonds is 5. The summed E-state index contributed by atoms with van der Waals surface area (Å²) in [6.07, 6.45) is 3.49. The number of nitrogens with zero attached hydrogens (tertiary/aromatic N) is 1. The Labute approximate surface area is 109 Å². The van der Waals surface area contributed by atoms with Crippen molar-refractivity contribution in [2.24, 2.45) is 5.92 Å². The van der Waals surface area contributed by atoms with Gasteiger partial charge in [0.2, 0.25) is 0 Å². The lowest BCUT2D eigenvalue weighted by Gasteiger charge is -2.30. The lowest BCUT2D eigenvalue weighted by Crippen LogP contribution is -2.37. The minimum atomic E-state index is 0.666. The summed E-state index contributed by atoms with van der Waals surface area (Å²) in [6.45, 7) is 6.32. The summed E-state index contributed by atoms with van der Waals surface area (Å²) in [5, 5.41) is 0. The van der Waals surface area contributed by atoms with Gasteiger partial charge in [0, 0.05) is 18.7 Å². The third-order valence-electron chi connectivity index (χ3n) is 3.41. The zero-order valence-electron chi connectivity index (χ0n) is 11.0. The van der Waals surface area contributed by atoms with Crippen LogP contribution in [0.5, 0.6) is 5.75 Å². The van der Waals surface area contributed by atoms with Gasteiger partial charge in [0.25, 0.3) is 0 Å². The topological polar surface area (TPSA) is 29.5 Å². The molecule has 0 N–H and O–H groups in total. The number of carbonyl (C=O) groups is 1. The van der Waals surface area contributed by atoms with E-state index in [-0.39, 0.29) is 0 Å². The minimum Gasteiger partial charge on any atom is -0.492 e. The summed E-state index contributed by atoms with van der Waals surface area (Å²) in [4.78, 5) is 13.1. The van der Waals surface area contributed by atoms with Crippen molar-refractivity contribution in [1.82, 2.24) is 4.90 Å². The van der Waals surface area contributed by atoms with Gasteiger partial charge in [0.1, 0.15) is 18.6 Å². The van der Waals surface area contributed by atoms with E-state index in [1.54, 1.807) is 12.1 Å². The maximum Gasteiger partial charge on any atom is 0.150 e. The van der Waals surface area contributed by atoms with Crippen molar-refractivity contribution in [2.45, 2.75) is 19.8 Å². The highest BCUT2D eigenvalue weighted by molar-refractivity contribution is 5.75. The number of piperidine rings is 1. The number of ether oxygens (including phenoxy) is 1. The predicted molar refractivity (Wildman–Crippen MR) is 72.2 cm³/mol. The van der Waals surface area contributed by atoms with Gasteiger partial charge in [-0.25, -0.2) is 0 Å². The first-order valence-corrected chi connectivity index (χ1v) is 6.68. The van der Waals surface area contributed by atoms with E-state index in [0.29, 0.717) is 12.2 Å². The van der Waals surface area contributed by atoms with Gasteiger partial charge in [0.15, 0.2) is 0 Å². The van der Waals surface area contributed by atoms with Crippen LogP contribution in [0.15, 0.2) is 24.3 Å². The molecule has 0 saturated carbocycles. The first-order valence-electron chi connectivity index (χ1n) is 6.68. The first-order chi connectivity index (χ1) is 8.78. The molecule has 1 fully saturated rings. The van der Waals surface area contributed by atoms with E-state index < -0.39 is 0 Å². The van der Waals surface area contributed by atoms with Crippen molar-refractivity contribution in [1.29, 1.82) is 0 Å². The van der Waals surface area contributed by atoms with E-state index in [1.807, 2.05) is 12.1 Å². The summed E-state index contributed by atoms with van der Waals surface area (Å²) in [7, 11) is 0. The lowest BCUT2D eigenvalue weighted by atomic mass is 10.0. The van der Waals surface area contributed by atoms with Crippen molar-refractivity contribution in [3.05, 3.63) is 29.8 Å². The SMILES string of the molecule is C[C@@H]1CCCN(CCOc2cccc(C=O)c2)C1. The smallest absolute Gasteiger partial charge is 0.150 e. The first kappa shape index (κ1) is 13.1. The zero-order chi connectivity index (χ0) is 12.8. The van der Waals surface area contributed by atoms with E-state index in [9.17, 15) is 4.79 Å². The van der Waals surface area contributed by atoms with Crippen LogP contribution in [0.25, 0.3) is 0 Å². The van der Waals surface area contributed by atoms with Gasteiger partial charge in [0.05, 0.1) is 0 Å². The molecule has 3 heteroatoms. The van der Waals surface area contributed by atoms with Crippen LogP contribution in [-0.4, -0.2) is 37.4 Å². The molecule has 98 valence electrons. The van der Waals surface area contributed by atoms with E-state index in [1.165, 1.54) is 25.9 Å². The Morgan fingerprint density at radius 3 is 3.17 bits per heavy atom. The van der Waals surface area contributed by atoms with Gasteiger partial charge in [-0.05, 0) is 37.4 Å². The Kier molecular flexibility index (Phi) is 4.76. The third-order valence-corrected chi connectivity index (χ3v) is 3.41. The van der Waals surface area contributed by atoms with Crippen LogP contribution in [0.3, 0.4) is 0 Å². The summed E-state index contributed by atoms with van der Waals surface area (Å²) in [6, 6.07) is 7.31. The van der Waals surface area contributed by atoms with E-state index in [4.69, 9.17) is 4.74 Å². The Bertz CT molecular complexity index is 392. The predicted octanol–water partition coefficient (Wildman–Crippen LogP) is 2.61. The van der Waals surface area contributed by atoms with Gasteiger partial charge >= 0.3 is 0 Å². The fraction of sp³-hybridized carbons (Fsp3) is 0.533. The molecule has 1 aliphatic rings. The van der Waals surface area contributed by atoms with Crippen LogP contribution in [-0.2, 0) is 0 Å². The average molecular weight is 247 g/mol. The summed E-state index contributed by atoms with van der Waals surface area (Å²) >= 11 is 0. The molecule has 1 aromatic carbocycles. The number of likely N-dealkylation sites (tertiary alicyclic amines) is 1. The second kappa shape index (κ2) is 6.55. The van der Waals surface area contributed by atoms with E-state index in [0.717, 1.165) is 24.5 Å². The molecule has 1 atom stereocenters. The van der Waals surface area contributed by atoms with Gasteiger partial charge in [-0.1, -0.05) is 19.1 Å². The monoisotopic (exact) mass is 247 g/mol. The van der Waals surface area contributed by atoms with Crippen LogP contribution in [0.2, 0.25) is 0 Å². The van der Waals surface area contributed by atoms with Crippen LogP contribution in [0.1, 0.15) is 30.1 Å². The van der Waals surface area contributed by atoms with Crippen LogP contribution in [0.4, 0.5) is 0 Å². The van der Waals surface area contributed by atoms with Crippen LogP contribution in [0, 0.1) is 5.92 Å². The highest BCUT2D eigenvalue weighted by atomic mass is 16.5. The maximum atomic E-state index is 10.7. The van der Waals surface area contributed by atoms with Crippen molar-refractivity contribution in [3.63, 3.8) is 0 Å². The van der Waals surface area contributed by atoms with Crippen molar-refractivity contribution >= 4 is 6.29 Å². The molecule has 0 radical (unpaired) electrons. The third kappa shape index (κ3) is 3.84. The summed E-state index contributed by atoms with van der Waals surface area (Å²) in [5.41, 5.74) is 0.666. The molecule has 18 heavy (non-hydrogen) atoms. The normalized spacial score (nSPS) is 20.6. The highest BCUT2D eigenvalue weighted by Gasteiger charge is 2.15. The lowest BCUT2D eigenvalue weighted by molar-refractivity contribution is 0.112. The average Bonchev–Trinajstić information content (AvgIpc) is 2.39. The largest absolute Gasteiger partial charge is 0.492 e. The molecule has 0 aromatic heterocycles. The number of carbonyl (C=O) groups excluding carboxylic acids is 1. The molecular formula is C15H21NO2. The molecule has 0 amide bonds. The molecule has 1 aliphatic heterocycles. The van der Waals surface area contributed by atoms with Crippen molar-refractivity contribution < 1.29 is 9.53 Å². The molecular weight excluding hydrogens is 226 g/mol. The standard InChI is InChI=1S/C15H21NO2/c1-13-4-3-7-16(11-13)8-9-18-15-6-2-5-14(10-15)12-17/h2,5-6,10,12-13H,3-4,7-9,11H2,1H3/t13-/m1/s1. The quantitative estimate of drug-likeness (QED) is 0.749. The Hall–Kier alpha value is -1.35. The molecule has 1 heterocycles. The van der Waals surface area contributed by atoms with Gasteiger partial charge in [-0.2, -0.15) is 0 Å². The zero-order valence-corrected chi connectivity index (χ0v) is 11.0. The Morgan fingerprint density at radius 1 is 1.50 bits per heavy atom. The van der Waals surface area contributed by atoms with Crippen LogP contribution < -0.4 is 4.74 Å². The minimum absolute atomic E-state index is 0.666. The molecule has 0 bridgehead atoms. The highest BCUT2D eigenvalue weighted by Crippen LogP contribution is 2.16. The van der Waals surface area contributed by atoms with Gasteiger partial charge in [-0.15, -0.1) is 0 Å². The molecule has 0 unspecified atom stereocenters. The molecule has 1 aromatic rings. The number of hydrogen-bond acceptors (Lipinski definition) is 3. The van der Waals surface area contributed by atoms with Gasteiger partial charge in [-0.3, -0.25) is 9.69 Å². The molecule has 1 saturated heterocycles. The number of benzene rings is 1. The van der Waals surface area contributed by atoms with Gasteiger partial charge < -0.3 is 4.74 Å². The Balaban J connectivity index is 1.75.